The predicted octanol–water partition coefficient (Wildman–Crippen LogP) is 7.64. The van der Waals surface area contributed by atoms with Crippen molar-refractivity contribution < 1.29 is 28.7 Å². The van der Waals surface area contributed by atoms with Crippen LogP contribution < -0.4 is 10.6 Å². The minimum atomic E-state index is -0.678. The number of amides is 4. The third kappa shape index (κ3) is 8.09. The fourth-order valence-corrected chi connectivity index (χ4v) is 8.31. The zero-order chi connectivity index (χ0) is 41.1. The first kappa shape index (κ1) is 40.3. The predicted molar refractivity (Wildman–Crippen MR) is 222 cm³/mol. The summed E-state index contributed by atoms with van der Waals surface area (Å²) >= 11 is 0. The number of alkyl carbamates (subject to hydrolysis) is 2. The maximum atomic E-state index is 13.8. The smallest absolute Gasteiger partial charge is 0.407 e. The zero-order valence-electron chi connectivity index (χ0n) is 34.1. The number of nitrogens with zero attached hydrogens (tertiary/aromatic N) is 4. The lowest BCUT2D eigenvalue weighted by Gasteiger charge is -2.30. The molecule has 2 fully saturated rings. The molecule has 7 rings (SSSR count). The Hall–Kier alpha value is -5.92. The van der Waals surface area contributed by atoms with E-state index in [1.165, 1.54) is 14.2 Å². The second-order valence-electron chi connectivity index (χ2n) is 15.7. The third-order valence-corrected chi connectivity index (χ3v) is 12.1. The summed E-state index contributed by atoms with van der Waals surface area (Å²) in [7, 11) is 2.60. The van der Waals surface area contributed by atoms with Crippen molar-refractivity contribution in [3.63, 3.8) is 0 Å². The Balaban J connectivity index is 1.06. The molecule has 2 aromatic heterocycles. The van der Waals surface area contributed by atoms with Gasteiger partial charge in [-0.05, 0) is 84.0 Å². The second-order valence-corrected chi connectivity index (χ2v) is 15.7. The minimum absolute atomic E-state index is 0.0574. The highest BCUT2D eigenvalue weighted by molar-refractivity contribution is 5.88. The maximum absolute atomic E-state index is 13.8. The summed E-state index contributed by atoms with van der Waals surface area (Å²) in [6, 6.07) is 19.0. The monoisotopic (exact) mass is 790 g/mol. The number of aromatic amines is 2. The first-order valence-corrected chi connectivity index (χ1v) is 20.4. The molecule has 2 aliphatic rings. The topological polar surface area (TPSA) is 175 Å². The molecule has 0 bridgehead atoms. The average molecular weight is 791 g/mol. The Morgan fingerprint density at radius 3 is 1.40 bits per heavy atom. The molecule has 14 nitrogen and oxygen atoms in total. The average Bonchev–Trinajstić information content (AvgIpc) is 4.08. The number of aromatic nitrogens is 4. The number of carbonyl (C=O) groups is 4. The summed E-state index contributed by atoms with van der Waals surface area (Å²) in [4.78, 5) is 72.3. The number of rotatable bonds is 12. The number of H-pyrrole nitrogens is 2. The molecule has 2 aliphatic heterocycles. The molecule has 306 valence electrons. The van der Waals surface area contributed by atoms with Gasteiger partial charge in [-0.15, -0.1) is 0 Å². The highest BCUT2D eigenvalue weighted by atomic mass is 16.5. The number of hydrogen-bond donors (Lipinski definition) is 4. The van der Waals surface area contributed by atoms with Gasteiger partial charge in [-0.3, -0.25) is 9.59 Å². The van der Waals surface area contributed by atoms with E-state index in [2.05, 4.69) is 69.1 Å². The molecule has 0 saturated carbocycles. The van der Waals surface area contributed by atoms with Crippen molar-refractivity contribution in [2.75, 3.05) is 27.3 Å². The van der Waals surface area contributed by atoms with Crippen molar-refractivity contribution in [1.82, 2.24) is 40.4 Å². The van der Waals surface area contributed by atoms with Crippen molar-refractivity contribution in [2.24, 2.45) is 11.8 Å². The zero-order valence-corrected chi connectivity index (χ0v) is 34.1. The summed E-state index contributed by atoms with van der Waals surface area (Å²) in [5.41, 5.74) is 7.61. The number of methoxy groups -OCH3 is 2. The van der Waals surface area contributed by atoms with Crippen LogP contribution >= 0.6 is 0 Å². The number of likely N-dealkylation sites (tertiary alicyclic amines) is 2. The maximum Gasteiger partial charge on any atom is 0.407 e. The second kappa shape index (κ2) is 17.3. The van der Waals surface area contributed by atoms with Crippen molar-refractivity contribution in [3.8, 4) is 22.3 Å². The third-order valence-electron chi connectivity index (χ3n) is 12.1. The van der Waals surface area contributed by atoms with Crippen LogP contribution in [0.2, 0.25) is 0 Å². The van der Waals surface area contributed by atoms with Gasteiger partial charge in [0.1, 0.15) is 23.7 Å². The molecule has 2 saturated heterocycles. The normalized spacial score (nSPS) is 18.9. The Morgan fingerprint density at radius 2 is 1.03 bits per heavy atom. The molecule has 0 spiro atoms. The lowest BCUT2D eigenvalue weighted by atomic mass is 9.97. The summed E-state index contributed by atoms with van der Waals surface area (Å²) in [6.07, 6.45) is 3.50. The molecule has 0 unspecified atom stereocenters. The van der Waals surface area contributed by atoms with Crippen LogP contribution in [0.5, 0.6) is 0 Å². The standard InChI is InChI=1S/C44H54N8O6/c1-7-25(3)37(49-43(55)57-5)41(53)51-21-9-11-35(51)39-45-31-19-17-29(23-33(31)47-39)27-13-15-28(16-14-27)30-18-20-32-34(24-30)48-40(46-32)36-12-10-22-52(36)42(54)38(26(4)8-2)50-44(56)58-6/h13-20,23-26,35-38H,7-12,21-22H2,1-6H3,(H,45,47)(H,46,48)(H,49,55)(H,50,56)/t25-,26-,35-,36-,37-,38-/m0/s1. The van der Waals surface area contributed by atoms with Gasteiger partial charge in [-0.25, -0.2) is 19.6 Å². The van der Waals surface area contributed by atoms with Crippen LogP contribution in [0.15, 0.2) is 60.7 Å². The molecule has 0 radical (unpaired) electrons. The van der Waals surface area contributed by atoms with E-state index in [1.54, 1.807) is 0 Å². The number of hydrogen-bond acceptors (Lipinski definition) is 8. The van der Waals surface area contributed by atoms with E-state index in [0.717, 1.165) is 94.5 Å². The molecule has 3 aromatic carbocycles. The SMILES string of the molecule is CC[C@H](C)[C@H](NC(=O)OC)C(=O)N1CCC[C@H]1c1nc2ccc(-c3ccc(-c4ccc5nc([C@@H]6CCCN6C(=O)[C@@H](NC(=O)OC)[C@@H](C)CC)[nH]c5c4)cc3)cc2[nH]1. The van der Waals surface area contributed by atoms with Crippen molar-refractivity contribution >= 4 is 46.1 Å². The molecule has 4 heterocycles. The largest absolute Gasteiger partial charge is 0.453 e. The lowest BCUT2D eigenvalue weighted by Crippen LogP contribution is -2.51. The summed E-state index contributed by atoms with van der Waals surface area (Å²) in [5.74, 6) is 1.12. The minimum Gasteiger partial charge on any atom is -0.453 e. The molecule has 5 aromatic rings. The van der Waals surface area contributed by atoms with Crippen LogP contribution in [0.3, 0.4) is 0 Å². The Labute approximate surface area is 338 Å². The fraction of sp³-hybridized carbons (Fsp3) is 0.455. The molecule has 4 amide bonds. The number of imidazole rings is 2. The quantitative estimate of drug-likeness (QED) is 0.0998. The van der Waals surface area contributed by atoms with Crippen LogP contribution in [0.4, 0.5) is 9.59 Å². The number of ether oxygens (including phenoxy) is 2. The van der Waals surface area contributed by atoms with Gasteiger partial charge in [-0.2, -0.15) is 0 Å². The van der Waals surface area contributed by atoms with Crippen LogP contribution in [0.1, 0.15) is 90.0 Å². The first-order chi connectivity index (χ1) is 28.0. The van der Waals surface area contributed by atoms with Gasteiger partial charge in [0.05, 0.1) is 48.4 Å². The molecule has 58 heavy (non-hydrogen) atoms. The Morgan fingerprint density at radius 1 is 0.655 bits per heavy atom. The van der Waals surface area contributed by atoms with Crippen molar-refractivity contribution in [3.05, 3.63) is 72.3 Å². The summed E-state index contributed by atoms with van der Waals surface area (Å²) < 4.78 is 9.63. The van der Waals surface area contributed by atoms with E-state index in [9.17, 15) is 19.2 Å². The first-order valence-electron chi connectivity index (χ1n) is 20.4. The van der Waals surface area contributed by atoms with Gasteiger partial charge >= 0.3 is 12.2 Å². The van der Waals surface area contributed by atoms with Gasteiger partial charge in [0.15, 0.2) is 0 Å². The van der Waals surface area contributed by atoms with Gasteiger partial charge in [0.25, 0.3) is 0 Å². The van der Waals surface area contributed by atoms with Crippen LogP contribution in [0, 0.1) is 11.8 Å². The van der Waals surface area contributed by atoms with Gasteiger partial charge < -0.3 is 39.9 Å². The van der Waals surface area contributed by atoms with Crippen molar-refractivity contribution in [2.45, 2.75) is 90.4 Å². The van der Waals surface area contributed by atoms with E-state index in [0.29, 0.717) is 13.1 Å². The Kier molecular flexibility index (Phi) is 12.0. The highest BCUT2D eigenvalue weighted by Crippen LogP contribution is 2.36. The molecular weight excluding hydrogens is 737 g/mol. The summed E-state index contributed by atoms with van der Waals surface area (Å²) in [6.45, 7) is 9.11. The Bertz CT molecular complexity index is 2130. The van der Waals surface area contributed by atoms with E-state index in [1.807, 2.05) is 49.6 Å². The van der Waals surface area contributed by atoms with E-state index in [4.69, 9.17) is 19.4 Å². The number of nitrogens with one attached hydrogen (secondary N) is 4. The number of carbonyl (C=O) groups excluding carboxylic acids is 4. The number of benzene rings is 3. The summed E-state index contributed by atoms with van der Waals surface area (Å²) in [5, 5.41) is 5.52. The molecule has 4 N–H and O–H groups in total. The van der Waals surface area contributed by atoms with Crippen LogP contribution in [0.25, 0.3) is 44.3 Å². The van der Waals surface area contributed by atoms with E-state index in [-0.39, 0.29) is 35.7 Å². The van der Waals surface area contributed by atoms with Crippen molar-refractivity contribution in [1.29, 1.82) is 0 Å². The van der Waals surface area contributed by atoms with Gasteiger partial charge in [0.2, 0.25) is 11.8 Å². The van der Waals surface area contributed by atoms with Gasteiger partial charge in [0, 0.05) is 13.1 Å². The van der Waals surface area contributed by atoms with Crippen LogP contribution in [-0.4, -0.2) is 93.1 Å². The molecule has 14 heteroatoms. The molecule has 6 atom stereocenters. The number of fused-ring (bicyclic) bond motifs is 2. The van der Waals surface area contributed by atoms with E-state index >= 15 is 0 Å². The van der Waals surface area contributed by atoms with Crippen LogP contribution in [-0.2, 0) is 19.1 Å². The van der Waals surface area contributed by atoms with E-state index < -0.39 is 24.3 Å². The highest BCUT2D eigenvalue weighted by Gasteiger charge is 2.39. The fourth-order valence-electron chi connectivity index (χ4n) is 8.31. The molecular formula is C44H54N8O6. The van der Waals surface area contributed by atoms with Gasteiger partial charge in [-0.1, -0.05) is 76.9 Å². The lowest BCUT2D eigenvalue weighted by molar-refractivity contribution is -0.136. The molecule has 0 aliphatic carbocycles.